The van der Waals surface area contributed by atoms with Gasteiger partial charge in [-0.2, -0.15) is 0 Å². The maximum absolute atomic E-state index is 12.9. The fourth-order valence-electron chi connectivity index (χ4n) is 9.74. The van der Waals surface area contributed by atoms with Crippen LogP contribution in [0.3, 0.4) is 0 Å². The molecule has 0 radical (unpaired) electrons. The molecule has 0 saturated heterocycles. The zero-order valence-electron chi connectivity index (χ0n) is 48.3. The molecule has 86 heavy (non-hydrogen) atoms. The number of carbonyl (C=O) groups is 4. The first-order chi connectivity index (χ1) is 41.7. The van der Waals surface area contributed by atoms with E-state index in [1.54, 1.807) is 0 Å². The molecule has 0 aromatic heterocycles. The summed E-state index contributed by atoms with van der Waals surface area (Å²) >= 11 is 0. The Morgan fingerprint density at radius 2 is 0.442 bits per heavy atom. The highest BCUT2D eigenvalue weighted by molar-refractivity contribution is 5.97. The molecular weight excluding hydrogens is 1070 g/mol. The van der Waals surface area contributed by atoms with Crippen LogP contribution in [0.15, 0.2) is 279 Å². The normalized spacial score (nSPS) is 12.1. The molecule has 0 saturated carbocycles. The Bertz CT molecular complexity index is 3980. The summed E-state index contributed by atoms with van der Waals surface area (Å²) in [6, 6.07) is 86.9. The summed E-state index contributed by atoms with van der Waals surface area (Å²) in [5.74, 6) is -1.20. The number of rotatable bonds is 12. The number of benzene rings is 12. The number of hydrogen-bond donors (Lipinski definition) is 4. The first kappa shape index (κ1) is 60.0. The van der Waals surface area contributed by atoms with Crippen molar-refractivity contribution in [3.63, 3.8) is 0 Å². The average molecular weight is 1140 g/mol. The van der Waals surface area contributed by atoms with Crippen LogP contribution in [0.25, 0.3) is 43.1 Å². The molecule has 12 aromatic rings. The van der Waals surface area contributed by atoms with Gasteiger partial charge in [-0.3, -0.25) is 19.2 Å². The first-order valence-electron chi connectivity index (χ1n) is 28.5. The van der Waals surface area contributed by atoms with Crippen molar-refractivity contribution in [2.45, 2.75) is 51.9 Å². The van der Waals surface area contributed by atoms with Gasteiger partial charge in [0, 0.05) is 22.3 Å². The second-order valence-corrected chi connectivity index (χ2v) is 21.0. The molecule has 4 amide bonds. The van der Waals surface area contributed by atoms with Gasteiger partial charge in [-0.25, -0.2) is 8.78 Å². The van der Waals surface area contributed by atoms with Crippen molar-refractivity contribution in [1.29, 1.82) is 0 Å². The largest absolute Gasteiger partial charge is 0.346 e. The Balaban J connectivity index is 0.000000137. The van der Waals surface area contributed by atoms with Crippen molar-refractivity contribution >= 4 is 66.7 Å². The third-order valence-electron chi connectivity index (χ3n) is 14.8. The number of amides is 4. The van der Waals surface area contributed by atoms with Gasteiger partial charge in [-0.1, -0.05) is 182 Å². The topological polar surface area (TPSA) is 116 Å². The molecule has 0 fully saturated rings. The molecule has 4 N–H and O–H groups in total. The molecule has 10 heteroatoms. The molecule has 0 bridgehead atoms. The fraction of sp³-hybridized carbons (Fsp3) is 0.105. The molecule has 0 aliphatic carbocycles. The summed E-state index contributed by atoms with van der Waals surface area (Å²) < 4.78 is 25.8. The molecule has 0 aliphatic heterocycles. The zero-order valence-corrected chi connectivity index (χ0v) is 48.3. The Morgan fingerprint density at radius 1 is 0.244 bits per heavy atom. The van der Waals surface area contributed by atoms with E-state index in [9.17, 15) is 28.0 Å². The van der Waals surface area contributed by atoms with Crippen LogP contribution < -0.4 is 21.3 Å². The van der Waals surface area contributed by atoms with Crippen molar-refractivity contribution in [3.05, 3.63) is 335 Å². The summed E-state index contributed by atoms with van der Waals surface area (Å²) in [6.45, 7) is 7.88. The Morgan fingerprint density at radius 3 is 0.674 bits per heavy atom. The van der Waals surface area contributed by atoms with Gasteiger partial charge >= 0.3 is 0 Å². The van der Waals surface area contributed by atoms with Gasteiger partial charge in [-0.15, -0.1) is 0 Å². The van der Waals surface area contributed by atoms with Crippen LogP contribution in [-0.4, -0.2) is 23.6 Å². The third kappa shape index (κ3) is 16.4. The smallest absolute Gasteiger partial charge is 0.251 e. The molecule has 8 nitrogen and oxygen atoms in total. The average Bonchev–Trinajstić information content (AvgIpc) is 3.70. The maximum Gasteiger partial charge on any atom is 0.251 e. The summed E-state index contributed by atoms with van der Waals surface area (Å²) in [5, 5.41) is 21.4. The van der Waals surface area contributed by atoms with Crippen LogP contribution in [0.5, 0.6) is 0 Å². The third-order valence-corrected chi connectivity index (χ3v) is 14.8. The molecule has 0 unspecified atom stereocenters. The van der Waals surface area contributed by atoms with Crippen LogP contribution in [0.1, 0.15) is 116 Å². The summed E-state index contributed by atoms with van der Waals surface area (Å²) in [7, 11) is 0. The highest BCUT2D eigenvalue weighted by Crippen LogP contribution is 2.25. The fourth-order valence-corrected chi connectivity index (χ4v) is 9.74. The second-order valence-electron chi connectivity index (χ2n) is 21.0. The number of fused-ring (bicyclic) bond motifs is 4. The lowest BCUT2D eigenvalue weighted by Crippen LogP contribution is -2.26. The van der Waals surface area contributed by atoms with E-state index in [1.807, 2.05) is 173 Å². The quantitative estimate of drug-likeness (QED) is 0.0975. The standard InChI is InChI=1S/2C19H16FNO.2C19H17NO/c2*1-13(21-19(22)15-8-10-18(20)11-9-15)16-7-6-14-4-2-3-5-17(14)12-16;2*1-14(20-19(21)16-8-3-2-4-9-16)17-12-11-15-7-5-6-10-18(15)13-17/h2*2-13H,1H3,(H,21,22);2*2-14H,1H3,(H,20,21)/t2*13-;2*14-/m1100/s1. The minimum atomic E-state index is -0.348. The molecule has 12 aromatic carbocycles. The Hall–Kier alpha value is -10.6. The first-order valence-corrected chi connectivity index (χ1v) is 28.5. The van der Waals surface area contributed by atoms with E-state index in [0.29, 0.717) is 22.3 Å². The maximum atomic E-state index is 12.9. The van der Waals surface area contributed by atoms with Gasteiger partial charge in [0.15, 0.2) is 0 Å². The number of carbonyl (C=O) groups excluding carboxylic acids is 4. The Labute approximate surface area is 500 Å². The molecule has 0 heterocycles. The molecule has 4 atom stereocenters. The van der Waals surface area contributed by atoms with E-state index >= 15 is 0 Å². The molecule has 428 valence electrons. The molecule has 12 rings (SSSR count). The SMILES string of the molecule is C[C@@H](NC(=O)c1ccc(F)cc1)c1ccc2ccccc2c1.C[C@@H](NC(=O)c1ccc(F)cc1)c1ccc2ccccc2c1.C[C@H](NC(=O)c1ccccc1)c1ccc2ccccc2c1.C[C@H](NC(=O)c1ccccc1)c1ccc2ccccc2c1. The van der Waals surface area contributed by atoms with Crippen molar-refractivity contribution in [3.8, 4) is 0 Å². The van der Waals surface area contributed by atoms with Gasteiger partial charge in [0.2, 0.25) is 0 Å². The number of nitrogens with one attached hydrogen (secondary N) is 4. The lowest BCUT2D eigenvalue weighted by molar-refractivity contribution is 0.0931. The minimum Gasteiger partial charge on any atom is -0.346 e. The van der Waals surface area contributed by atoms with Crippen molar-refractivity contribution in [2.75, 3.05) is 0 Å². The second kappa shape index (κ2) is 29.1. The highest BCUT2D eigenvalue weighted by Gasteiger charge is 2.16. The lowest BCUT2D eigenvalue weighted by Gasteiger charge is -2.15. The molecule has 0 aliphatic rings. The van der Waals surface area contributed by atoms with Crippen LogP contribution in [-0.2, 0) is 0 Å². The summed E-state index contributed by atoms with van der Waals surface area (Å²) in [6.07, 6.45) is 0. The number of halogens is 2. The van der Waals surface area contributed by atoms with Crippen LogP contribution in [0.2, 0.25) is 0 Å². The number of hydrogen-bond acceptors (Lipinski definition) is 4. The van der Waals surface area contributed by atoms with Gasteiger partial charge in [-0.05, 0) is 190 Å². The van der Waals surface area contributed by atoms with Gasteiger partial charge in [0.05, 0.1) is 24.2 Å². The predicted octanol–water partition coefficient (Wildman–Crippen LogP) is 17.6. The summed E-state index contributed by atoms with van der Waals surface area (Å²) in [5.41, 5.74) is 6.57. The lowest BCUT2D eigenvalue weighted by atomic mass is 10.0. The van der Waals surface area contributed by atoms with Gasteiger partial charge in [0.25, 0.3) is 23.6 Å². The van der Waals surface area contributed by atoms with E-state index in [4.69, 9.17) is 0 Å². The predicted molar refractivity (Wildman–Crippen MR) is 345 cm³/mol. The minimum absolute atomic E-state index is 0.0256. The van der Waals surface area contributed by atoms with Crippen molar-refractivity contribution in [1.82, 2.24) is 21.3 Å². The van der Waals surface area contributed by atoms with Gasteiger partial charge in [0.1, 0.15) is 11.6 Å². The van der Waals surface area contributed by atoms with Crippen LogP contribution >= 0.6 is 0 Å². The molecular formula is C76H66F2N4O4. The monoisotopic (exact) mass is 1140 g/mol. The van der Waals surface area contributed by atoms with Crippen LogP contribution in [0.4, 0.5) is 8.78 Å². The van der Waals surface area contributed by atoms with E-state index in [2.05, 4.69) is 106 Å². The van der Waals surface area contributed by atoms with E-state index in [0.717, 1.165) is 33.0 Å². The van der Waals surface area contributed by atoms with Crippen molar-refractivity contribution in [2.24, 2.45) is 0 Å². The van der Waals surface area contributed by atoms with E-state index < -0.39 is 0 Å². The highest BCUT2D eigenvalue weighted by atomic mass is 19.1. The van der Waals surface area contributed by atoms with E-state index in [-0.39, 0.29) is 59.4 Å². The molecule has 0 spiro atoms. The van der Waals surface area contributed by atoms with Crippen LogP contribution in [0, 0.1) is 11.6 Å². The summed E-state index contributed by atoms with van der Waals surface area (Å²) in [4.78, 5) is 48.7. The Kier molecular flexibility index (Phi) is 20.3. The van der Waals surface area contributed by atoms with Gasteiger partial charge < -0.3 is 21.3 Å². The van der Waals surface area contributed by atoms with Crippen molar-refractivity contribution < 1.29 is 28.0 Å². The zero-order chi connectivity index (χ0) is 60.4. The van der Waals surface area contributed by atoms with E-state index in [1.165, 1.54) is 80.8 Å².